The first-order valence-corrected chi connectivity index (χ1v) is 10.4. The minimum Gasteiger partial charge on any atom is -0.357 e. The lowest BCUT2D eigenvalue weighted by Gasteiger charge is -2.33. The highest BCUT2D eigenvalue weighted by molar-refractivity contribution is 14.0. The van der Waals surface area contributed by atoms with Gasteiger partial charge in [0.25, 0.3) is 0 Å². The van der Waals surface area contributed by atoms with Gasteiger partial charge in [-0.3, -0.25) is 4.68 Å². The van der Waals surface area contributed by atoms with E-state index in [0.717, 1.165) is 55.8 Å². The Kier molecular flexibility index (Phi) is 9.35. The van der Waals surface area contributed by atoms with Crippen LogP contribution < -0.4 is 15.5 Å². The molecule has 0 unspecified atom stereocenters. The molecule has 1 aliphatic heterocycles. The van der Waals surface area contributed by atoms with Crippen molar-refractivity contribution < 1.29 is 0 Å². The number of piperazine rings is 1. The van der Waals surface area contributed by atoms with E-state index in [1.807, 2.05) is 24.9 Å². The van der Waals surface area contributed by atoms with E-state index in [-0.39, 0.29) is 24.0 Å². The van der Waals surface area contributed by atoms with Crippen LogP contribution in [0.5, 0.6) is 0 Å². The highest BCUT2D eigenvalue weighted by Crippen LogP contribution is 2.14. The Labute approximate surface area is 197 Å². The monoisotopic (exact) mass is 526 g/mol. The van der Waals surface area contributed by atoms with Crippen LogP contribution in [-0.4, -0.2) is 65.4 Å². The first kappa shape index (κ1) is 24.4. The van der Waals surface area contributed by atoms with E-state index in [9.17, 15) is 0 Å². The van der Waals surface area contributed by atoms with Gasteiger partial charge in [-0.2, -0.15) is 5.10 Å². The summed E-state index contributed by atoms with van der Waals surface area (Å²) >= 11 is 0. The Hall–Kier alpha value is -1.88. The summed E-state index contributed by atoms with van der Waals surface area (Å²) in [7, 11) is 4.14. The van der Waals surface area contributed by atoms with Crippen molar-refractivity contribution in [2.75, 3.05) is 44.7 Å². The molecule has 2 N–H and O–H groups in total. The van der Waals surface area contributed by atoms with Crippen LogP contribution in [0.2, 0.25) is 0 Å². The summed E-state index contributed by atoms with van der Waals surface area (Å²) in [4.78, 5) is 14.1. The summed E-state index contributed by atoms with van der Waals surface area (Å²) in [6.07, 6.45) is 1.94. The fourth-order valence-corrected chi connectivity index (χ4v) is 3.49. The van der Waals surface area contributed by atoms with E-state index in [4.69, 9.17) is 4.99 Å². The molecule has 30 heavy (non-hydrogen) atoms. The Morgan fingerprint density at radius 1 is 1.10 bits per heavy atom. The Bertz CT molecular complexity index is 822. The van der Waals surface area contributed by atoms with Gasteiger partial charge in [0.2, 0.25) is 0 Å². The molecule has 0 spiro atoms. The van der Waals surface area contributed by atoms with E-state index < -0.39 is 0 Å². The molecular weight excluding hydrogens is 491 g/mol. The molecule has 166 valence electrons. The van der Waals surface area contributed by atoms with Crippen molar-refractivity contribution >= 4 is 35.8 Å². The molecule has 0 amide bonds. The summed E-state index contributed by atoms with van der Waals surface area (Å²) in [5.74, 6) is 1.86. The van der Waals surface area contributed by atoms with Crippen molar-refractivity contribution in [1.29, 1.82) is 0 Å². The van der Waals surface area contributed by atoms with Crippen LogP contribution in [0.25, 0.3) is 0 Å². The number of aromatic nitrogens is 3. The maximum Gasteiger partial charge on any atom is 0.191 e. The van der Waals surface area contributed by atoms with Crippen molar-refractivity contribution in [3.63, 3.8) is 0 Å². The van der Waals surface area contributed by atoms with Crippen molar-refractivity contribution in [2.45, 2.75) is 33.9 Å². The Morgan fingerprint density at radius 3 is 2.40 bits per heavy atom. The van der Waals surface area contributed by atoms with Gasteiger partial charge < -0.3 is 20.4 Å². The van der Waals surface area contributed by atoms with Crippen LogP contribution in [0.4, 0.5) is 5.82 Å². The molecule has 9 heteroatoms. The largest absolute Gasteiger partial charge is 0.357 e. The van der Waals surface area contributed by atoms with Crippen LogP contribution in [0.15, 0.2) is 23.3 Å². The molecule has 0 saturated carbocycles. The number of aryl methyl sites for hydroxylation is 2. The zero-order chi connectivity index (χ0) is 20.8. The van der Waals surface area contributed by atoms with Crippen LogP contribution in [0.3, 0.4) is 0 Å². The van der Waals surface area contributed by atoms with E-state index in [2.05, 4.69) is 63.5 Å². The average molecular weight is 526 g/mol. The summed E-state index contributed by atoms with van der Waals surface area (Å²) in [6.45, 7) is 12.6. The maximum absolute atomic E-state index is 4.72. The number of nitrogens with one attached hydrogen (secondary N) is 2. The Morgan fingerprint density at radius 2 is 1.83 bits per heavy atom. The van der Waals surface area contributed by atoms with Gasteiger partial charge in [-0.1, -0.05) is 6.07 Å². The van der Waals surface area contributed by atoms with Gasteiger partial charge in [-0.25, -0.2) is 9.98 Å². The predicted molar refractivity (Wildman–Crippen MR) is 134 cm³/mol. The van der Waals surface area contributed by atoms with Crippen LogP contribution >= 0.6 is 24.0 Å². The summed E-state index contributed by atoms with van der Waals surface area (Å²) in [6, 6.07) is 4.24. The summed E-state index contributed by atoms with van der Waals surface area (Å²) < 4.78 is 1.92. The van der Waals surface area contributed by atoms with Gasteiger partial charge in [0.15, 0.2) is 5.96 Å². The van der Waals surface area contributed by atoms with Crippen molar-refractivity contribution in [3.05, 3.63) is 40.8 Å². The van der Waals surface area contributed by atoms with E-state index in [1.54, 1.807) is 0 Å². The Balaban J connectivity index is 0.00000320. The molecule has 0 atom stereocenters. The molecule has 0 aromatic carbocycles. The number of anilines is 1. The fourth-order valence-electron chi connectivity index (χ4n) is 3.49. The van der Waals surface area contributed by atoms with Crippen molar-refractivity contribution in [2.24, 2.45) is 12.0 Å². The number of pyridine rings is 1. The molecule has 0 bridgehead atoms. The third-order valence-electron chi connectivity index (χ3n) is 5.49. The second kappa shape index (κ2) is 11.5. The van der Waals surface area contributed by atoms with Gasteiger partial charge >= 0.3 is 0 Å². The first-order valence-electron chi connectivity index (χ1n) is 10.4. The van der Waals surface area contributed by atoms with Gasteiger partial charge in [-0.15, -0.1) is 24.0 Å². The smallest absolute Gasteiger partial charge is 0.191 e. The molecule has 1 saturated heterocycles. The predicted octanol–water partition coefficient (Wildman–Crippen LogP) is 2.06. The third kappa shape index (κ3) is 6.31. The van der Waals surface area contributed by atoms with Crippen molar-refractivity contribution in [1.82, 2.24) is 30.3 Å². The van der Waals surface area contributed by atoms with E-state index in [1.165, 1.54) is 11.3 Å². The number of nitrogens with zero attached hydrogens (tertiary/aromatic N) is 6. The number of halogens is 1. The molecule has 2 aromatic rings. The normalized spacial score (nSPS) is 15.1. The molecule has 8 nitrogen and oxygen atoms in total. The molecule has 3 rings (SSSR count). The minimum absolute atomic E-state index is 0. The molecule has 1 aliphatic rings. The number of rotatable bonds is 6. The minimum atomic E-state index is 0. The molecule has 3 heterocycles. The van der Waals surface area contributed by atoms with E-state index >= 15 is 0 Å². The lowest BCUT2D eigenvalue weighted by Crippen LogP contribution is -2.44. The quantitative estimate of drug-likeness (QED) is 0.341. The molecule has 2 aromatic heterocycles. The highest BCUT2D eigenvalue weighted by Gasteiger charge is 2.15. The number of likely N-dealkylation sites (N-methyl/N-ethyl adjacent to an activating group) is 1. The second-order valence-electron chi connectivity index (χ2n) is 7.64. The third-order valence-corrected chi connectivity index (χ3v) is 5.49. The lowest BCUT2D eigenvalue weighted by molar-refractivity contribution is 0.312. The molecule has 1 fully saturated rings. The standard InChI is InChI=1S/C21H34N8.HI/c1-6-22-21(25-15-19-16(2)26-28(5)17(19)3)24-14-18-7-8-20(23-13-18)29-11-9-27(4)10-12-29;/h7-8,13H,6,9-12,14-15H2,1-5H3,(H2,22,24,25);1H. The van der Waals surface area contributed by atoms with E-state index in [0.29, 0.717) is 13.1 Å². The number of guanidine groups is 1. The first-order chi connectivity index (χ1) is 14.0. The molecule has 0 radical (unpaired) electrons. The van der Waals surface area contributed by atoms with Crippen LogP contribution in [-0.2, 0) is 20.1 Å². The molecule has 0 aliphatic carbocycles. The second-order valence-corrected chi connectivity index (χ2v) is 7.64. The average Bonchev–Trinajstić information content (AvgIpc) is 2.96. The highest BCUT2D eigenvalue weighted by atomic mass is 127. The van der Waals surface area contributed by atoms with Crippen molar-refractivity contribution in [3.8, 4) is 0 Å². The van der Waals surface area contributed by atoms with Crippen LogP contribution in [0, 0.1) is 13.8 Å². The maximum atomic E-state index is 4.72. The van der Waals surface area contributed by atoms with Gasteiger partial charge in [0, 0.05) is 63.8 Å². The zero-order valence-electron chi connectivity index (χ0n) is 18.8. The van der Waals surface area contributed by atoms with Gasteiger partial charge in [0.05, 0.1) is 12.2 Å². The lowest BCUT2D eigenvalue weighted by atomic mass is 10.2. The van der Waals surface area contributed by atoms with Crippen LogP contribution in [0.1, 0.15) is 29.4 Å². The number of aliphatic imine (C=N–C) groups is 1. The number of hydrogen-bond acceptors (Lipinski definition) is 5. The van der Waals surface area contributed by atoms with Gasteiger partial charge in [-0.05, 0) is 39.4 Å². The SMILES string of the molecule is CCNC(=NCc1ccc(N2CCN(C)CC2)nc1)NCc1c(C)nn(C)c1C.I. The summed E-state index contributed by atoms with van der Waals surface area (Å²) in [5, 5.41) is 11.2. The number of hydrogen-bond donors (Lipinski definition) is 2. The van der Waals surface area contributed by atoms with Gasteiger partial charge in [0.1, 0.15) is 5.82 Å². The fraction of sp³-hybridized carbons (Fsp3) is 0.571. The topological polar surface area (TPSA) is 73.6 Å². The molecular formula is C21H35IN8. The summed E-state index contributed by atoms with van der Waals surface area (Å²) in [5.41, 5.74) is 4.55. The zero-order valence-corrected chi connectivity index (χ0v) is 21.1.